The zero-order valence-corrected chi connectivity index (χ0v) is 17.1. The maximum Gasteiger partial charge on any atom is 0.343 e. The van der Waals surface area contributed by atoms with E-state index in [0.717, 1.165) is 10.8 Å². The van der Waals surface area contributed by atoms with Gasteiger partial charge in [0.15, 0.2) is 0 Å². The zero-order chi connectivity index (χ0) is 20.3. The molecule has 3 aromatic carbocycles. The van der Waals surface area contributed by atoms with Crippen molar-refractivity contribution in [2.24, 2.45) is 0 Å². The minimum absolute atomic E-state index is 0.143. The van der Waals surface area contributed by atoms with Crippen molar-refractivity contribution >= 4 is 38.4 Å². The number of ether oxygens (including phenoxy) is 1. The van der Waals surface area contributed by atoms with Gasteiger partial charge in [-0.2, -0.15) is 4.31 Å². The summed E-state index contributed by atoms with van der Waals surface area (Å²) < 4.78 is 32.0. The molecule has 3 rings (SSSR count). The lowest BCUT2D eigenvalue weighted by molar-refractivity contribution is 0.0737. The van der Waals surface area contributed by atoms with Crippen molar-refractivity contribution in [3.05, 3.63) is 71.2 Å². The molecule has 0 saturated carbocycles. The standard InChI is InChI=1S/C21H20ClNO4S/c1-3-23(4-2)28(25,26)16-11-9-15(10-12-16)21(24)27-20-14-13-19(22)17-7-5-6-8-18(17)20/h5-14H,3-4H2,1-2H3. The molecule has 0 fully saturated rings. The average molecular weight is 418 g/mol. The summed E-state index contributed by atoms with van der Waals surface area (Å²) in [6, 6.07) is 16.4. The highest BCUT2D eigenvalue weighted by molar-refractivity contribution is 7.89. The van der Waals surface area contributed by atoms with Crippen LogP contribution in [-0.2, 0) is 10.0 Å². The zero-order valence-electron chi connectivity index (χ0n) is 15.6. The lowest BCUT2D eigenvalue weighted by Gasteiger charge is -2.18. The van der Waals surface area contributed by atoms with Gasteiger partial charge in [0, 0.05) is 28.9 Å². The Morgan fingerprint density at radius 3 is 2.14 bits per heavy atom. The van der Waals surface area contributed by atoms with Gasteiger partial charge in [0.25, 0.3) is 0 Å². The SMILES string of the molecule is CCN(CC)S(=O)(=O)c1ccc(C(=O)Oc2ccc(Cl)c3ccccc23)cc1. The average Bonchev–Trinajstić information content (AvgIpc) is 2.71. The topological polar surface area (TPSA) is 63.7 Å². The molecule has 0 saturated heterocycles. The van der Waals surface area contributed by atoms with Crippen molar-refractivity contribution in [3.63, 3.8) is 0 Å². The number of nitrogens with zero attached hydrogens (tertiary/aromatic N) is 1. The Bertz CT molecular complexity index is 1110. The van der Waals surface area contributed by atoms with E-state index in [9.17, 15) is 13.2 Å². The van der Waals surface area contributed by atoms with Gasteiger partial charge in [0.1, 0.15) is 5.75 Å². The normalized spacial score (nSPS) is 11.7. The highest BCUT2D eigenvalue weighted by atomic mass is 35.5. The van der Waals surface area contributed by atoms with Gasteiger partial charge in [0.05, 0.1) is 10.5 Å². The number of halogens is 1. The highest BCUT2D eigenvalue weighted by Crippen LogP contribution is 2.31. The van der Waals surface area contributed by atoms with E-state index in [1.54, 1.807) is 26.0 Å². The minimum atomic E-state index is -3.57. The van der Waals surface area contributed by atoms with Crippen molar-refractivity contribution in [2.45, 2.75) is 18.7 Å². The number of carbonyl (C=O) groups is 1. The molecule has 0 radical (unpaired) electrons. The van der Waals surface area contributed by atoms with Crippen molar-refractivity contribution < 1.29 is 17.9 Å². The van der Waals surface area contributed by atoms with Gasteiger partial charge >= 0.3 is 5.97 Å². The van der Waals surface area contributed by atoms with Gasteiger partial charge in [-0.25, -0.2) is 13.2 Å². The number of esters is 1. The molecule has 0 atom stereocenters. The van der Waals surface area contributed by atoms with E-state index in [1.807, 2.05) is 24.3 Å². The predicted octanol–water partition coefficient (Wildman–Crippen LogP) is 4.74. The third-order valence-corrected chi connectivity index (χ3v) is 6.86. The number of carbonyl (C=O) groups excluding carboxylic acids is 1. The molecule has 3 aromatic rings. The van der Waals surface area contributed by atoms with E-state index in [1.165, 1.54) is 28.6 Å². The first-order valence-electron chi connectivity index (χ1n) is 8.88. The van der Waals surface area contributed by atoms with E-state index in [0.29, 0.717) is 23.9 Å². The molecule has 7 heteroatoms. The van der Waals surface area contributed by atoms with E-state index in [2.05, 4.69) is 0 Å². The van der Waals surface area contributed by atoms with Crippen LogP contribution in [0.15, 0.2) is 65.6 Å². The van der Waals surface area contributed by atoms with E-state index < -0.39 is 16.0 Å². The van der Waals surface area contributed by atoms with E-state index >= 15 is 0 Å². The van der Waals surface area contributed by atoms with Crippen molar-refractivity contribution in [2.75, 3.05) is 13.1 Å². The van der Waals surface area contributed by atoms with Crippen LogP contribution in [0.3, 0.4) is 0 Å². The second-order valence-corrected chi connectivity index (χ2v) is 8.44. The maximum atomic E-state index is 12.5. The van der Waals surface area contributed by atoms with Crippen LogP contribution in [0.25, 0.3) is 10.8 Å². The Labute approximate surface area is 169 Å². The molecule has 28 heavy (non-hydrogen) atoms. The molecule has 146 valence electrons. The maximum absolute atomic E-state index is 12.5. The third kappa shape index (κ3) is 3.90. The summed E-state index contributed by atoms with van der Waals surface area (Å²) in [5, 5.41) is 2.08. The molecule has 0 aliphatic rings. The van der Waals surface area contributed by atoms with E-state index in [4.69, 9.17) is 16.3 Å². The van der Waals surface area contributed by atoms with Gasteiger partial charge in [0.2, 0.25) is 10.0 Å². The number of hydrogen-bond donors (Lipinski definition) is 0. The highest BCUT2D eigenvalue weighted by Gasteiger charge is 2.22. The fourth-order valence-electron chi connectivity index (χ4n) is 2.96. The van der Waals surface area contributed by atoms with Gasteiger partial charge in [-0.1, -0.05) is 49.7 Å². The lowest BCUT2D eigenvalue weighted by Crippen LogP contribution is -2.30. The Balaban J connectivity index is 1.86. The summed E-state index contributed by atoms with van der Waals surface area (Å²) in [4.78, 5) is 12.7. The summed E-state index contributed by atoms with van der Waals surface area (Å²) in [6.45, 7) is 4.32. The smallest absolute Gasteiger partial charge is 0.343 e. The van der Waals surface area contributed by atoms with Crippen LogP contribution in [0.5, 0.6) is 5.75 Å². The van der Waals surface area contributed by atoms with Crippen LogP contribution >= 0.6 is 11.6 Å². The van der Waals surface area contributed by atoms with Crippen molar-refractivity contribution in [1.82, 2.24) is 4.31 Å². The second-order valence-electron chi connectivity index (χ2n) is 6.09. The number of sulfonamides is 1. The van der Waals surface area contributed by atoms with Gasteiger partial charge in [-0.15, -0.1) is 0 Å². The first-order valence-corrected chi connectivity index (χ1v) is 10.7. The van der Waals surface area contributed by atoms with Crippen molar-refractivity contribution in [3.8, 4) is 5.75 Å². The summed E-state index contributed by atoms with van der Waals surface area (Å²) in [6.07, 6.45) is 0. The molecule has 0 N–H and O–H groups in total. The van der Waals surface area contributed by atoms with Crippen LogP contribution in [0.4, 0.5) is 0 Å². The van der Waals surface area contributed by atoms with Crippen LogP contribution in [0.2, 0.25) is 5.02 Å². The van der Waals surface area contributed by atoms with Crippen LogP contribution in [0, 0.1) is 0 Å². The molecule has 0 bridgehead atoms. The molecule has 0 aliphatic carbocycles. The first-order chi connectivity index (χ1) is 13.4. The molecule has 0 aromatic heterocycles. The molecular weight excluding hydrogens is 398 g/mol. The quantitative estimate of drug-likeness (QED) is 0.429. The minimum Gasteiger partial charge on any atom is -0.422 e. The molecule has 0 aliphatic heterocycles. The molecule has 0 amide bonds. The Kier molecular flexibility index (Phi) is 6.03. The van der Waals surface area contributed by atoms with Crippen LogP contribution in [-0.4, -0.2) is 31.8 Å². The first kappa shape index (κ1) is 20.3. The van der Waals surface area contributed by atoms with Gasteiger partial charge in [-0.05, 0) is 36.4 Å². The largest absolute Gasteiger partial charge is 0.422 e. The molecule has 0 spiro atoms. The lowest BCUT2D eigenvalue weighted by atomic mass is 10.1. The number of hydrogen-bond acceptors (Lipinski definition) is 4. The molecular formula is C21H20ClNO4S. The Morgan fingerprint density at radius 1 is 0.929 bits per heavy atom. The fraction of sp³-hybridized carbons (Fsp3) is 0.190. The summed E-state index contributed by atoms with van der Waals surface area (Å²) in [5.41, 5.74) is 0.262. The monoisotopic (exact) mass is 417 g/mol. The van der Waals surface area contributed by atoms with Crippen LogP contribution in [0.1, 0.15) is 24.2 Å². The molecule has 0 heterocycles. The summed E-state index contributed by atoms with van der Waals surface area (Å²) in [7, 11) is -3.57. The second kappa shape index (κ2) is 8.31. The Hall–Kier alpha value is -2.41. The molecule has 5 nitrogen and oxygen atoms in total. The summed E-state index contributed by atoms with van der Waals surface area (Å²) >= 11 is 6.19. The number of fused-ring (bicyclic) bond motifs is 1. The summed E-state index contributed by atoms with van der Waals surface area (Å²) in [5.74, 6) is -0.177. The number of rotatable bonds is 6. The fourth-order valence-corrected chi connectivity index (χ4v) is 4.64. The van der Waals surface area contributed by atoms with Crippen LogP contribution < -0.4 is 4.74 Å². The van der Waals surface area contributed by atoms with Gasteiger partial charge in [-0.3, -0.25) is 0 Å². The van der Waals surface area contributed by atoms with E-state index in [-0.39, 0.29) is 10.5 Å². The van der Waals surface area contributed by atoms with Gasteiger partial charge < -0.3 is 4.74 Å². The number of benzene rings is 3. The Morgan fingerprint density at radius 2 is 1.54 bits per heavy atom. The molecule has 0 unspecified atom stereocenters. The van der Waals surface area contributed by atoms with Crippen molar-refractivity contribution in [1.29, 1.82) is 0 Å². The third-order valence-electron chi connectivity index (χ3n) is 4.47. The predicted molar refractivity (Wildman–Crippen MR) is 110 cm³/mol.